The number of carbonyl (C=O) groups excluding carboxylic acids is 1. The van der Waals surface area contributed by atoms with Gasteiger partial charge in [0.1, 0.15) is 0 Å². The largest absolute Gasteiger partial charge is 0.326 e. The fraction of sp³-hybridized carbons (Fsp3) is 0.462. The van der Waals surface area contributed by atoms with E-state index in [1.807, 2.05) is 20.8 Å². The minimum atomic E-state index is -3.78. The molecule has 0 fully saturated rings. The van der Waals surface area contributed by atoms with Gasteiger partial charge in [0, 0.05) is 11.6 Å². The van der Waals surface area contributed by atoms with Crippen LogP contribution in [-0.2, 0) is 14.8 Å². The van der Waals surface area contributed by atoms with Crippen LogP contribution in [0.4, 0.5) is 5.69 Å². The number of nitrogens with two attached hydrogens (primary N) is 1. The smallest absolute Gasteiger partial charge is 0.238 e. The maximum absolute atomic E-state index is 12.0. The van der Waals surface area contributed by atoms with E-state index in [9.17, 15) is 13.2 Å². The summed E-state index contributed by atoms with van der Waals surface area (Å²) in [5, 5.41) is 7.87. The van der Waals surface area contributed by atoms with Gasteiger partial charge in [-0.1, -0.05) is 26.8 Å². The predicted molar refractivity (Wildman–Crippen MR) is 75.2 cm³/mol. The Kier molecular flexibility index (Phi) is 4.70. The number of hydrogen-bond acceptors (Lipinski definition) is 3. The van der Waals surface area contributed by atoms with Crippen LogP contribution in [0, 0.1) is 18.8 Å². The molecule has 0 radical (unpaired) electrons. The highest BCUT2D eigenvalue weighted by Gasteiger charge is 2.19. The fourth-order valence-corrected chi connectivity index (χ4v) is 2.41. The summed E-state index contributed by atoms with van der Waals surface area (Å²) in [5.74, 6) is -0.0797. The maximum atomic E-state index is 12.0. The van der Waals surface area contributed by atoms with Crippen LogP contribution in [0.25, 0.3) is 0 Å². The SMILES string of the molecule is Cc1c(NC(=O)C(C)C(C)C)cccc1S(N)(=O)=O. The number of sulfonamides is 1. The minimum Gasteiger partial charge on any atom is -0.326 e. The van der Waals surface area contributed by atoms with Crippen molar-refractivity contribution in [3.63, 3.8) is 0 Å². The molecule has 5 nitrogen and oxygen atoms in total. The quantitative estimate of drug-likeness (QED) is 0.884. The van der Waals surface area contributed by atoms with Crippen LogP contribution in [0.1, 0.15) is 26.3 Å². The van der Waals surface area contributed by atoms with Crippen LogP contribution in [0.15, 0.2) is 23.1 Å². The summed E-state index contributed by atoms with van der Waals surface area (Å²) in [5.41, 5.74) is 0.929. The van der Waals surface area contributed by atoms with Gasteiger partial charge < -0.3 is 5.32 Å². The molecule has 0 bridgehead atoms. The summed E-state index contributed by atoms with van der Waals surface area (Å²) in [4.78, 5) is 12.0. The third-order valence-electron chi connectivity index (χ3n) is 3.26. The van der Waals surface area contributed by atoms with Crippen molar-refractivity contribution in [2.45, 2.75) is 32.6 Å². The summed E-state index contributed by atoms with van der Waals surface area (Å²) < 4.78 is 22.8. The van der Waals surface area contributed by atoms with Gasteiger partial charge in [0.15, 0.2) is 0 Å². The van der Waals surface area contributed by atoms with E-state index in [-0.39, 0.29) is 22.6 Å². The zero-order valence-electron chi connectivity index (χ0n) is 11.6. The molecule has 1 unspecified atom stereocenters. The number of primary sulfonamides is 1. The van der Waals surface area contributed by atoms with E-state index in [0.29, 0.717) is 11.3 Å². The van der Waals surface area contributed by atoms with Crippen LogP contribution in [0.3, 0.4) is 0 Å². The fourth-order valence-electron chi connectivity index (χ4n) is 1.61. The average molecular weight is 284 g/mol. The molecule has 1 aromatic rings. The normalized spacial score (nSPS) is 13.4. The first-order valence-corrected chi connectivity index (χ1v) is 7.62. The Balaban J connectivity index is 3.08. The van der Waals surface area contributed by atoms with Gasteiger partial charge in [-0.05, 0) is 30.5 Å². The van der Waals surface area contributed by atoms with Crippen LogP contribution in [0.5, 0.6) is 0 Å². The number of nitrogens with one attached hydrogen (secondary N) is 1. The highest BCUT2D eigenvalue weighted by molar-refractivity contribution is 7.89. The van der Waals surface area contributed by atoms with Crippen LogP contribution >= 0.6 is 0 Å². The Morgan fingerprint density at radius 3 is 2.32 bits per heavy atom. The number of rotatable bonds is 4. The number of amides is 1. The second-order valence-electron chi connectivity index (χ2n) is 5.00. The summed E-state index contributed by atoms with van der Waals surface area (Å²) in [6.45, 7) is 7.37. The van der Waals surface area contributed by atoms with Crippen molar-refractivity contribution in [2.75, 3.05) is 5.32 Å². The maximum Gasteiger partial charge on any atom is 0.238 e. The van der Waals surface area contributed by atoms with Crippen molar-refractivity contribution < 1.29 is 13.2 Å². The molecule has 3 N–H and O–H groups in total. The molecule has 1 aromatic carbocycles. The molecule has 6 heteroatoms. The highest BCUT2D eigenvalue weighted by atomic mass is 32.2. The molecule has 0 saturated carbocycles. The lowest BCUT2D eigenvalue weighted by molar-refractivity contribution is -0.120. The van der Waals surface area contributed by atoms with Gasteiger partial charge in [-0.15, -0.1) is 0 Å². The monoisotopic (exact) mass is 284 g/mol. The van der Waals surface area contributed by atoms with Gasteiger partial charge in [0.25, 0.3) is 0 Å². The number of carbonyl (C=O) groups is 1. The van der Waals surface area contributed by atoms with Gasteiger partial charge in [0.2, 0.25) is 15.9 Å². The van der Waals surface area contributed by atoms with Gasteiger partial charge in [-0.25, -0.2) is 13.6 Å². The van der Waals surface area contributed by atoms with Crippen molar-refractivity contribution >= 4 is 21.6 Å². The van der Waals surface area contributed by atoms with Crippen LogP contribution in [-0.4, -0.2) is 14.3 Å². The van der Waals surface area contributed by atoms with Crippen molar-refractivity contribution in [3.8, 4) is 0 Å². The summed E-state index contributed by atoms with van der Waals surface area (Å²) in [6.07, 6.45) is 0. The topological polar surface area (TPSA) is 89.3 Å². The van der Waals surface area contributed by atoms with E-state index in [4.69, 9.17) is 5.14 Å². The van der Waals surface area contributed by atoms with Crippen molar-refractivity contribution in [1.29, 1.82) is 0 Å². The van der Waals surface area contributed by atoms with Crippen molar-refractivity contribution in [1.82, 2.24) is 0 Å². The molecular formula is C13H20N2O3S. The Morgan fingerprint density at radius 1 is 1.26 bits per heavy atom. The number of anilines is 1. The zero-order chi connectivity index (χ0) is 14.8. The second kappa shape index (κ2) is 5.71. The van der Waals surface area contributed by atoms with Gasteiger partial charge in [-0.3, -0.25) is 4.79 Å². The number of hydrogen-bond donors (Lipinski definition) is 2. The molecule has 0 aliphatic heterocycles. The van der Waals surface area contributed by atoms with E-state index in [0.717, 1.165) is 0 Å². The lowest BCUT2D eigenvalue weighted by Gasteiger charge is -2.17. The molecule has 0 spiro atoms. The van der Waals surface area contributed by atoms with E-state index in [2.05, 4.69) is 5.32 Å². The molecule has 19 heavy (non-hydrogen) atoms. The molecular weight excluding hydrogens is 264 g/mol. The third kappa shape index (κ3) is 3.78. The van der Waals surface area contributed by atoms with Crippen LogP contribution in [0.2, 0.25) is 0 Å². The van der Waals surface area contributed by atoms with E-state index in [1.165, 1.54) is 6.07 Å². The highest BCUT2D eigenvalue weighted by Crippen LogP contribution is 2.23. The van der Waals surface area contributed by atoms with Crippen molar-refractivity contribution in [2.24, 2.45) is 17.0 Å². The van der Waals surface area contributed by atoms with Gasteiger partial charge in [0.05, 0.1) is 4.90 Å². The second-order valence-corrected chi connectivity index (χ2v) is 6.53. The lowest BCUT2D eigenvalue weighted by Crippen LogP contribution is -2.25. The summed E-state index contributed by atoms with van der Waals surface area (Å²) in [7, 11) is -3.78. The van der Waals surface area contributed by atoms with Crippen molar-refractivity contribution in [3.05, 3.63) is 23.8 Å². The Hall–Kier alpha value is -1.40. The molecule has 1 rings (SSSR count). The van der Waals surface area contributed by atoms with Gasteiger partial charge >= 0.3 is 0 Å². The molecule has 0 aliphatic rings. The first-order chi connectivity index (χ1) is 8.64. The van der Waals surface area contributed by atoms with Gasteiger partial charge in [-0.2, -0.15) is 0 Å². The van der Waals surface area contributed by atoms with E-state index >= 15 is 0 Å². The molecule has 1 atom stereocenters. The van der Waals surface area contributed by atoms with E-state index in [1.54, 1.807) is 19.1 Å². The molecule has 106 valence electrons. The lowest BCUT2D eigenvalue weighted by atomic mass is 9.97. The van der Waals surface area contributed by atoms with E-state index < -0.39 is 10.0 Å². The summed E-state index contributed by atoms with van der Waals surface area (Å²) in [6, 6.07) is 4.64. The predicted octanol–water partition coefficient (Wildman–Crippen LogP) is 1.87. The molecule has 0 heterocycles. The Bertz CT molecular complexity index is 580. The summed E-state index contributed by atoms with van der Waals surface area (Å²) >= 11 is 0. The third-order valence-corrected chi connectivity index (χ3v) is 4.32. The van der Waals surface area contributed by atoms with Crippen LogP contribution < -0.4 is 10.5 Å². The zero-order valence-corrected chi connectivity index (χ0v) is 12.4. The molecule has 0 saturated heterocycles. The average Bonchev–Trinajstić information content (AvgIpc) is 2.29. The first kappa shape index (κ1) is 15.7. The Labute approximate surface area is 114 Å². The minimum absolute atomic E-state index is 0.0301. The molecule has 0 aliphatic carbocycles. The first-order valence-electron chi connectivity index (χ1n) is 6.08. The standard InChI is InChI=1S/C13H20N2O3S/c1-8(2)9(3)13(16)15-11-6-5-7-12(10(11)4)19(14,17)18/h5-9H,1-4H3,(H,15,16)(H2,14,17,18). The number of benzene rings is 1. The molecule has 0 aromatic heterocycles. The Morgan fingerprint density at radius 2 is 1.84 bits per heavy atom. The molecule has 1 amide bonds.